The predicted octanol–water partition coefficient (Wildman–Crippen LogP) is 3.67. The van der Waals surface area contributed by atoms with Crippen molar-refractivity contribution in [2.45, 2.75) is 18.3 Å². The van der Waals surface area contributed by atoms with Crippen LogP contribution in [0.15, 0.2) is 42.5 Å². The third-order valence-electron chi connectivity index (χ3n) is 4.43. The van der Waals surface area contributed by atoms with Gasteiger partial charge in [-0.2, -0.15) is 0 Å². The predicted molar refractivity (Wildman–Crippen MR) is 89.7 cm³/mol. The van der Waals surface area contributed by atoms with Gasteiger partial charge in [-0.3, -0.25) is 0 Å². The lowest BCUT2D eigenvalue weighted by Gasteiger charge is -2.40. The zero-order valence-corrected chi connectivity index (χ0v) is 14.4. The van der Waals surface area contributed by atoms with Crippen molar-refractivity contribution in [1.29, 1.82) is 0 Å². The molecule has 5 nitrogen and oxygen atoms in total. The van der Waals surface area contributed by atoms with Crippen molar-refractivity contribution in [3.8, 4) is 17.2 Å². The fourth-order valence-corrected chi connectivity index (χ4v) is 3.12. The summed E-state index contributed by atoms with van der Waals surface area (Å²) in [5.41, 5.74) is 1.87. The highest BCUT2D eigenvalue weighted by Crippen LogP contribution is 2.47. The van der Waals surface area contributed by atoms with Crippen molar-refractivity contribution in [2.24, 2.45) is 0 Å². The number of ether oxygens (including phenoxy) is 5. The molecule has 0 amide bonds. The van der Waals surface area contributed by atoms with E-state index in [9.17, 15) is 0 Å². The second kappa shape index (κ2) is 6.71. The standard InChI is InChI=1S/C19H22O5/c1-20-16-10-9-13(11-17(16)21-2)19(23-4)12-18(22-3)14-7-5-6-8-15(14)24-19/h5-11,18H,12H2,1-4H3. The molecule has 2 unspecified atom stereocenters. The van der Waals surface area contributed by atoms with Gasteiger partial charge in [0.1, 0.15) is 5.75 Å². The van der Waals surface area contributed by atoms with Crippen LogP contribution >= 0.6 is 0 Å². The Hall–Kier alpha value is -2.24. The first kappa shape index (κ1) is 16.6. The second-order valence-electron chi connectivity index (χ2n) is 5.60. The third-order valence-corrected chi connectivity index (χ3v) is 4.43. The number of hydrogen-bond acceptors (Lipinski definition) is 5. The van der Waals surface area contributed by atoms with E-state index in [2.05, 4.69) is 0 Å². The fraction of sp³-hybridized carbons (Fsp3) is 0.368. The van der Waals surface area contributed by atoms with E-state index >= 15 is 0 Å². The molecule has 2 aromatic rings. The van der Waals surface area contributed by atoms with E-state index in [0.29, 0.717) is 17.9 Å². The summed E-state index contributed by atoms with van der Waals surface area (Å²) in [4.78, 5) is 0. The van der Waals surface area contributed by atoms with E-state index < -0.39 is 5.79 Å². The van der Waals surface area contributed by atoms with E-state index in [4.69, 9.17) is 23.7 Å². The molecule has 128 valence electrons. The lowest BCUT2D eigenvalue weighted by atomic mass is 9.91. The largest absolute Gasteiger partial charge is 0.493 e. The minimum atomic E-state index is -0.950. The number of fused-ring (bicyclic) bond motifs is 1. The van der Waals surface area contributed by atoms with Gasteiger partial charge in [-0.1, -0.05) is 18.2 Å². The van der Waals surface area contributed by atoms with Crippen molar-refractivity contribution >= 4 is 0 Å². The average Bonchev–Trinajstić information content (AvgIpc) is 2.66. The molecule has 0 aliphatic carbocycles. The highest BCUT2D eigenvalue weighted by atomic mass is 16.7. The Kier molecular flexibility index (Phi) is 4.64. The van der Waals surface area contributed by atoms with Crippen LogP contribution in [0, 0.1) is 0 Å². The highest BCUT2D eigenvalue weighted by Gasteiger charge is 2.43. The Morgan fingerprint density at radius 2 is 1.71 bits per heavy atom. The van der Waals surface area contributed by atoms with Crippen LogP contribution in [0.2, 0.25) is 0 Å². The summed E-state index contributed by atoms with van der Waals surface area (Å²) in [5.74, 6) is 1.09. The topological polar surface area (TPSA) is 46.2 Å². The molecule has 1 heterocycles. The van der Waals surface area contributed by atoms with E-state index in [1.807, 2.05) is 42.5 Å². The van der Waals surface area contributed by atoms with Crippen LogP contribution in [0.1, 0.15) is 23.7 Å². The summed E-state index contributed by atoms with van der Waals surface area (Å²) in [6.45, 7) is 0. The van der Waals surface area contributed by atoms with Crippen molar-refractivity contribution < 1.29 is 23.7 Å². The lowest BCUT2D eigenvalue weighted by molar-refractivity contribution is -0.206. The number of hydrogen-bond donors (Lipinski definition) is 0. The van der Waals surface area contributed by atoms with Crippen LogP contribution in [-0.4, -0.2) is 28.4 Å². The Morgan fingerprint density at radius 3 is 2.38 bits per heavy atom. The number of rotatable bonds is 5. The molecule has 0 saturated heterocycles. The summed E-state index contributed by atoms with van der Waals surface area (Å²) >= 11 is 0. The maximum atomic E-state index is 6.26. The molecule has 5 heteroatoms. The van der Waals surface area contributed by atoms with Crippen LogP contribution in [0.25, 0.3) is 0 Å². The van der Waals surface area contributed by atoms with Gasteiger partial charge in [0.05, 0.1) is 20.3 Å². The Balaban J connectivity index is 2.07. The first-order valence-corrected chi connectivity index (χ1v) is 7.76. The zero-order valence-electron chi connectivity index (χ0n) is 14.4. The van der Waals surface area contributed by atoms with Gasteiger partial charge in [0.2, 0.25) is 5.79 Å². The van der Waals surface area contributed by atoms with Crippen LogP contribution in [0.3, 0.4) is 0 Å². The fourth-order valence-electron chi connectivity index (χ4n) is 3.12. The smallest absolute Gasteiger partial charge is 0.240 e. The molecule has 1 aliphatic heterocycles. The van der Waals surface area contributed by atoms with Gasteiger partial charge in [0, 0.05) is 31.8 Å². The van der Waals surface area contributed by atoms with Gasteiger partial charge in [-0.15, -0.1) is 0 Å². The van der Waals surface area contributed by atoms with Crippen LogP contribution in [-0.2, 0) is 15.3 Å². The SMILES string of the molecule is COc1ccc(C2(OC)CC(OC)c3ccccc3O2)cc1OC. The van der Waals surface area contributed by atoms with E-state index in [1.165, 1.54) is 0 Å². The molecule has 0 aromatic heterocycles. The molecule has 24 heavy (non-hydrogen) atoms. The normalized spacial score (nSPS) is 22.4. The molecule has 0 radical (unpaired) electrons. The summed E-state index contributed by atoms with van der Waals surface area (Å²) in [5, 5.41) is 0. The van der Waals surface area contributed by atoms with Gasteiger partial charge in [-0.05, 0) is 24.3 Å². The average molecular weight is 330 g/mol. The molecule has 0 fully saturated rings. The van der Waals surface area contributed by atoms with Gasteiger partial charge in [0.25, 0.3) is 0 Å². The molecule has 2 aromatic carbocycles. The van der Waals surface area contributed by atoms with Crippen molar-refractivity contribution in [2.75, 3.05) is 28.4 Å². The van der Waals surface area contributed by atoms with E-state index in [1.54, 1.807) is 28.4 Å². The number of benzene rings is 2. The van der Waals surface area contributed by atoms with Crippen molar-refractivity contribution in [3.63, 3.8) is 0 Å². The molecule has 0 spiro atoms. The van der Waals surface area contributed by atoms with Crippen LogP contribution in [0.5, 0.6) is 17.2 Å². The Labute approximate surface area is 142 Å². The molecule has 1 aliphatic rings. The number of para-hydroxylation sites is 1. The molecular weight excluding hydrogens is 308 g/mol. The van der Waals surface area contributed by atoms with Crippen LogP contribution in [0.4, 0.5) is 0 Å². The van der Waals surface area contributed by atoms with Crippen molar-refractivity contribution in [1.82, 2.24) is 0 Å². The molecule has 0 bridgehead atoms. The summed E-state index contributed by atoms with van der Waals surface area (Å²) < 4.78 is 28.5. The summed E-state index contributed by atoms with van der Waals surface area (Å²) in [6, 6.07) is 13.5. The quantitative estimate of drug-likeness (QED) is 0.837. The molecule has 0 N–H and O–H groups in total. The summed E-state index contributed by atoms with van der Waals surface area (Å²) in [7, 11) is 6.55. The maximum Gasteiger partial charge on any atom is 0.240 e. The summed E-state index contributed by atoms with van der Waals surface area (Å²) in [6.07, 6.45) is 0.412. The maximum absolute atomic E-state index is 6.26. The molecule has 0 saturated carbocycles. The Morgan fingerprint density at radius 1 is 0.958 bits per heavy atom. The first-order chi connectivity index (χ1) is 11.7. The second-order valence-corrected chi connectivity index (χ2v) is 5.60. The van der Waals surface area contributed by atoms with Crippen LogP contribution < -0.4 is 14.2 Å². The van der Waals surface area contributed by atoms with Gasteiger partial charge < -0.3 is 23.7 Å². The van der Waals surface area contributed by atoms with E-state index in [0.717, 1.165) is 16.9 Å². The lowest BCUT2D eigenvalue weighted by Crippen LogP contribution is -2.40. The highest BCUT2D eigenvalue weighted by molar-refractivity contribution is 5.46. The first-order valence-electron chi connectivity index (χ1n) is 7.76. The van der Waals surface area contributed by atoms with Crippen molar-refractivity contribution in [3.05, 3.63) is 53.6 Å². The zero-order chi connectivity index (χ0) is 17.2. The molecule has 2 atom stereocenters. The molecular formula is C19H22O5. The Bertz CT molecular complexity index is 715. The monoisotopic (exact) mass is 330 g/mol. The van der Waals surface area contributed by atoms with Gasteiger partial charge in [0.15, 0.2) is 11.5 Å². The number of methoxy groups -OCH3 is 4. The molecule has 3 rings (SSSR count). The minimum absolute atomic E-state index is 0.122. The minimum Gasteiger partial charge on any atom is -0.493 e. The van der Waals surface area contributed by atoms with Gasteiger partial charge in [-0.25, -0.2) is 0 Å². The third kappa shape index (κ3) is 2.70. The van der Waals surface area contributed by atoms with Gasteiger partial charge >= 0.3 is 0 Å². The van der Waals surface area contributed by atoms with E-state index in [-0.39, 0.29) is 6.10 Å².